The van der Waals surface area contributed by atoms with Gasteiger partial charge in [0.15, 0.2) is 11.5 Å². The summed E-state index contributed by atoms with van der Waals surface area (Å²) in [5, 5.41) is 0. The third-order valence-electron chi connectivity index (χ3n) is 3.43. The Kier molecular flexibility index (Phi) is 3.40. The molecule has 104 valence electrons. The average Bonchev–Trinajstić information content (AvgIpc) is 2.53. The van der Waals surface area contributed by atoms with Crippen LogP contribution in [0.1, 0.15) is 27.6 Å². The maximum Gasteiger partial charge on any atom is 0.228 e. The van der Waals surface area contributed by atoms with Crippen molar-refractivity contribution in [3.63, 3.8) is 0 Å². The largest absolute Gasteiger partial charge is 0.490 e. The first-order valence-corrected chi connectivity index (χ1v) is 6.84. The molecular weight excluding hydrogens is 264 g/mol. The van der Waals surface area contributed by atoms with E-state index >= 15 is 0 Å². The van der Waals surface area contributed by atoms with Crippen LogP contribution in [0.25, 0.3) is 11.1 Å². The third kappa shape index (κ3) is 2.27. The summed E-state index contributed by atoms with van der Waals surface area (Å²) in [6.45, 7) is 2.15. The first kappa shape index (κ1) is 13.3. The van der Waals surface area contributed by atoms with Gasteiger partial charge in [-0.05, 0) is 18.1 Å². The summed E-state index contributed by atoms with van der Waals surface area (Å²) in [5.74, 6) is -0.294. The van der Waals surface area contributed by atoms with Crippen LogP contribution < -0.4 is 0 Å². The van der Waals surface area contributed by atoms with Gasteiger partial charge in [0, 0.05) is 17.2 Å². The van der Waals surface area contributed by atoms with Crippen LogP contribution in [0, 0.1) is 0 Å². The number of rotatable bonds is 3. The minimum absolute atomic E-state index is 0.125. The maximum absolute atomic E-state index is 12.4. The van der Waals surface area contributed by atoms with Gasteiger partial charge in [-0.3, -0.25) is 9.59 Å². The standard InChI is InChI=1S/C18H14O3/c1-2-21-16-11-15(19)17-13(12-7-4-3-5-8-12)9-6-10-14(17)18(16)20/h3-11H,2H2,1H3. The highest BCUT2D eigenvalue weighted by Crippen LogP contribution is 2.31. The van der Waals surface area contributed by atoms with Gasteiger partial charge in [-0.15, -0.1) is 0 Å². The van der Waals surface area contributed by atoms with Gasteiger partial charge in [0.05, 0.1) is 6.61 Å². The molecule has 0 aromatic heterocycles. The molecule has 2 aromatic rings. The van der Waals surface area contributed by atoms with E-state index in [1.54, 1.807) is 19.1 Å². The normalized spacial score (nSPS) is 13.7. The summed E-state index contributed by atoms with van der Waals surface area (Å²) in [5.41, 5.74) is 2.56. The van der Waals surface area contributed by atoms with Crippen molar-refractivity contribution >= 4 is 11.6 Å². The number of hydrogen-bond acceptors (Lipinski definition) is 3. The van der Waals surface area contributed by atoms with Gasteiger partial charge >= 0.3 is 0 Å². The van der Waals surface area contributed by atoms with Crippen molar-refractivity contribution in [2.75, 3.05) is 6.61 Å². The Morgan fingerprint density at radius 1 is 0.905 bits per heavy atom. The highest BCUT2D eigenvalue weighted by Gasteiger charge is 2.28. The average molecular weight is 278 g/mol. The quantitative estimate of drug-likeness (QED) is 0.860. The van der Waals surface area contributed by atoms with Crippen LogP contribution in [0.15, 0.2) is 60.4 Å². The number of fused-ring (bicyclic) bond motifs is 1. The van der Waals surface area contributed by atoms with Crippen molar-refractivity contribution in [3.05, 3.63) is 71.5 Å². The van der Waals surface area contributed by atoms with E-state index in [1.165, 1.54) is 6.08 Å². The molecule has 0 radical (unpaired) electrons. The number of benzene rings is 2. The zero-order valence-electron chi connectivity index (χ0n) is 11.6. The molecule has 0 atom stereocenters. The molecule has 0 spiro atoms. The molecule has 0 saturated carbocycles. The van der Waals surface area contributed by atoms with Crippen molar-refractivity contribution in [2.24, 2.45) is 0 Å². The van der Waals surface area contributed by atoms with Crippen LogP contribution >= 0.6 is 0 Å². The fraction of sp³-hybridized carbons (Fsp3) is 0.111. The SMILES string of the molecule is CCOC1=CC(=O)c2c(cccc2-c2ccccc2)C1=O. The second kappa shape index (κ2) is 5.37. The van der Waals surface area contributed by atoms with Crippen molar-refractivity contribution in [3.8, 4) is 11.1 Å². The topological polar surface area (TPSA) is 43.4 Å². The van der Waals surface area contributed by atoms with Crippen LogP contribution in [-0.4, -0.2) is 18.2 Å². The molecule has 0 amide bonds. The van der Waals surface area contributed by atoms with Crippen LogP contribution in [0.5, 0.6) is 0 Å². The minimum atomic E-state index is -0.232. The predicted molar refractivity (Wildman–Crippen MR) is 80.2 cm³/mol. The molecule has 1 aliphatic carbocycles. The Bertz CT molecular complexity index is 742. The lowest BCUT2D eigenvalue weighted by Gasteiger charge is -2.18. The monoisotopic (exact) mass is 278 g/mol. The fourth-order valence-corrected chi connectivity index (χ4v) is 2.52. The zero-order chi connectivity index (χ0) is 14.8. The van der Waals surface area contributed by atoms with E-state index in [2.05, 4.69) is 0 Å². The predicted octanol–water partition coefficient (Wildman–Crippen LogP) is 3.65. The molecular formula is C18H14O3. The number of ether oxygens (including phenoxy) is 1. The molecule has 0 heterocycles. The van der Waals surface area contributed by atoms with Crippen molar-refractivity contribution in [1.29, 1.82) is 0 Å². The Morgan fingerprint density at radius 3 is 2.33 bits per heavy atom. The Morgan fingerprint density at radius 2 is 1.62 bits per heavy atom. The molecule has 0 N–H and O–H groups in total. The van der Waals surface area contributed by atoms with E-state index in [9.17, 15) is 9.59 Å². The second-order valence-corrected chi connectivity index (χ2v) is 4.73. The number of ketones is 2. The van der Waals surface area contributed by atoms with E-state index in [-0.39, 0.29) is 17.3 Å². The molecule has 1 aliphatic rings. The fourth-order valence-electron chi connectivity index (χ4n) is 2.52. The van der Waals surface area contributed by atoms with Gasteiger partial charge in [-0.2, -0.15) is 0 Å². The molecule has 21 heavy (non-hydrogen) atoms. The number of allylic oxidation sites excluding steroid dienone is 2. The van der Waals surface area contributed by atoms with Crippen LogP contribution in [-0.2, 0) is 4.74 Å². The summed E-state index contributed by atoms with van der Waals surface area (Å²) in [6.07, 6.45) is 1.29. The molecule has 0 fully saturated rings. The van der Waals surface area contributed by atoms with Crippen molar-refractivity contribution in [1.82, 2.24) is 0 Å². The number of carbonyl (C=O) groups is 2. The maximum atomic E-state index is 12.4. The summed E-state index contributed by atoms with van der Waals surface area (Å²) < 4.78 is 5.26. The summed E-state index contributed by atoms with van der Waals surface area (Å²) in [6, 6.07) is 14.9. The molecule has 3 rings (SSSR count). The van der Waals surface area contributed by atoms with Crippen LogP contribution in [0.2, 0.25) is 0 Å². The van der Waals surface area contributed by atoms with Gasteiger partial charge in [-0.25, -0.2) is 0 Å². The molecule has 0 unspecified atom stereocenters. The number of Topliss-reactive ketones (excluding diaryl/α,β-unsaturated/α-hetero) is 1. The third-order valence-corrected chi connectivity index (χ3v) is 3.43. The van der Waals surface area contributed by atoms with E-state index in [4.69, 9.17) is 4.74 Å². The molecule has 2 aromatic carbocycles. The second-order valence-electron chi connectivity index (χ2n) is 4.73. The Labute approximate surface area is 122 Å². The van der Waals surface area contributed by atoms with Gasteiger partial charge in [0.25, 0.3) is 0 Å². The van der Waals surface area contributed by atoms with E-state index in [1.807, 2.05) is 36.4 Å². The van der Waals surface area contributed by atoms with Gasteiger partial charge in [-0.1, -0.05) is 48.5 Å². The lowest BCUT2D eigenvalue weighted by atomic mass is 9.87. The summed E-state index contributed by atoms with van der Waals surface area (Å²) in [4.78, 5) is 24.8. The Balaban J connectivity index is 2.17. The minimum Gasteiger partial charge on any atom is -0.490 e. The van der Waals surface area contributed by atoms with Gasteiger partial charge < -0.3 is 4.74 Å². The molecule has 0 bridgehead atoms. The Hall–Kier alpha value is -2.68. The highest BCUT2D eigenvalue weighted by molar-refractivity contribution is 6.25. The van der Waals surface area contributed by atoms with Crippen LogP contribution in [0.4, 0.5) is 0 Å². The number of carbonyl (C=O) groups excluding carboxylic acids is 2. The smallest absolute Gasteiger partial charge is 0.228 e. The zero-order valence-corrected chi connectivity index (χ0v) is 11.6. The molecule has 3 nitrogen and oxygen atoms in total. The summed E-state index contributed by atoms with van der Waals surface area (Å²) >= 11 is 0. The van der Waals surface area contributed by atoms with Crippen molar-refractivity contribution < 1.29 is 14.3 Å². The lowest BCUT2D eigenvalue weighted by molar-refractivity contribution is 0.0892. The van der Waals surface area contributed by atoms with E-state index in [0.717, 1.165) is 11.1 Å². The van der Waals surface area contributed by atoms with E-state index in [0.29, 0.717) is 17.7 Å². The molecule has 0 saturated heterocycles. The van der Waals surface area contributed by atoms with Gasteiger partial charge in [0.1, 0.15) is 0 Å². The van der Waals surface area contributed by atoms with Gasteiger partial charge in [0.2, 0.25) is 5.78 Å². The first-order chi connectivity index (χ1) is 10.2. The first-order valence-electron chi connectivity index (χ1n) is 6.84. The molecule has 3 heteroatoms. The van der Waals surface area contributed by atoms with Crippen LogP contribution in [0.3, 0.4) is 0 Å². The van der Waals surface area contributed by atoms with Crippen molar-refractivity contribution in [2.45, 2.75) is 6.92 Å². The molecule has 0 aliphatic heterocycles. The highest BCUT2D eigenvalue weighted by atomic mass is 16.5. The number of hydrogen-bond donors (Lipinski definition) is 0. The van der Waals surface area contributed by atoms with E-state index < -0.39 is 0 Å². The summed E-state index contributed by atoms with van der Waals surface area (Å²) in [7, 11) is 0. The lowest BCUT2D eigenvalue weighted by Crippen LogP contribution is -2.19.